The molecule has 0 aromatic carbocycles. The van der Waals surface area contributed by atoms with Crippen LogP contribution in [-0.4, -0.2) is 25.3 Å². The second-order valence-corrected chi connectivity index (χ2v) is 8.11. The fourth-order valence-electron chi connectivity index (χ4n) is 2.73. The molecule has 0 aliphatic heterocycles. The van der Waals surface area contributed by atoms with Crippen molar-refractivity contribution in [1.82, 2.24) is 19.5 Å². The van der Waals surface area contributed by atoms with Gasteiger partial charge in [-0.05, 0) is 37.3 Å². The Bertz CT molecular complexity index is 1080. The number of imidazole rings is 1. The van der Waals surface area contributed by atoms with E-state index in [-0.39, 0.29) is 5.52 Å². The number of pyridine rings is 2. The average Bonchev–Trinajstić information content (AvgIpc) is 2.97. The second kappa shape index (κ2) is 7.09. The Morgan fingerprint density at radius 3 is 2.43 bits per heavy atom. The lowest BCUT2D eigenvalue weighted by molar-refractivity contribution is -0.137. The van der Waals surface area contributed by atoms with E-state index in [0.29, 0.717) is 17.2 Å². The molecule has 3 aromatic heterocycles. The third kappa shape index (κ3) is 3.56. The van der Waals surface area contributed by atoms with Gasteiger partial charge >= 0.3 is 6.18 Å². The number of alkyl halides is 3. The van der Waals surface area contributed by atoms with E-state index in [0.717, 1.165) is 28.5 Å². The highest BCUT2D eigenvalue weighted by Gasteiger charge is 2.32. The Labute approximate surface area is 164 Å². The van der Waals surface area contributed by atoms with Crippen LogP contribution in [0.5, 0.6) is 0 Å². The first kappa shape index (κ1) is 20.1. The number of hydrogen-bond donors (Lipinski definition) is 0. The summed E-state index contributed by atoms with van der Waals surface area (Å²) in [5.41, 5.74) is 0.280. The van der Waals surface area contributed by atoms with Crippen molar-refractivity contribution in [1.29, 1.82) is 5.26 Å². The number of aromatic nitrogens is 4. The van der Waals surface area contributed by atoms with Crippen LogP contribution in [0.3, 0.4) is 0 Å². The van der Waals surface area contributed by atoms with Crippen LogP contribution >= 0.6 is 11.8 Å². The predicted molar refractivity (Wildman–Crippen MR) is 102 cm³/mol. The van der Waals surface area contributed by atoms with E-state index in [9.17, 15) is 18.4 Å². The summed E-state index contributed by atoms with van der Waals surface area (Å²) in [7, 11) is 1.69. The molecule has 3 aromatic rings. The number of aryl methyl sites for hydroxylation is 1. The third-order valence-electron chi connectivity index (χ3n) is 4.40. The standard InChI is InChI=1S/C19H18F3N5S/c1-5-28-14-7-11(18(2,3)10-23)8-24-15(14)17-26-13-6-12(19(20,21)22)9-25-16(13)27(17)4/h6-9H,5H2,1-4H3. The molecule has 0 N–H and O–H groups in total. The summed E-state index contributed by atoms with van der Waals surface area (Å²) in [6.45, 7) is 5.60. The maximum atomic E-state index is 13.0. The molecule has 0 aliphatic carbocycles. The first-order valence-electron chi connectivity index (χ1n) is 8.53. The number of fused-ring (bicyclic) bond motifs is 1. The van der Waals surface area contributed by atoms with E-state index in [1.54, 1.807) is 17.8 Å². The van der Waals surface area contributed by atoms with Gasteiger partial charge in [-0.15, -0.1) is 11.8 Å². The molecule has 0 spiro atoms. The van der Waals surface area contributed by atoms with Crippen molar-refractivity contribution in [2.24, 2.45) is 7.05 Å². The van der Waals surface area contributed by atoms with Gasteiger partial charge in [0.1, 0.15) is 11.2 Å². The molecule has 3 rings (SSSR count). The minimum Gasteiger partial charge on any atom is -0.310 e. The first-order valence-corrected chi connectivity index (χ1v) is 9.51. The SMILES string of the molecule is CCSc1cc(C(C)(C)C#N)cnc1-c1nc2cc(C(F)(F)F)cnc2n1C. The Kier molecular flexibility index (Phi) is 5.10. The third-order valence-corrected chi connectivity index (χ3v) is 5.31. The highest BCUT2D eigenvalue weighted by molar-refractivity contribution is 7.99. The molecule has 5 nitrogen and oxygen atoms in total. The molecular weight excluding hydrogens is 387 g/mol. The summed E-state index contributed by atoms with van der Waals surface area (Å²) in [5.74, 6) is 1.20. The van der Waals surface area contributed by atoms with Gasteiger partial charge in [-0.2, -0.15) is 18.4 Å². The highest BCUT2D eigenvalue weighted by atomic mass is 32.2. The summed E-state index contributed by atoms with van der Waals surface area (Å²) in [6.07, 6.45) is -2.06. The normalized spacial score (nSPS) is 12.4. The summed E-state index contributed by atoms with van der Waals surface area (Å²) in [6, 6.07) is 5.14. The Hall–Kier alpha value is -2.60. The Morgan fingerprint density at radius 1 is 1.14 bits per heavy atom. The second-order valence-electron chi connectivity index (χ2n) is 6.80. The monoisotopic (exact) mass is 405 g/mol. The summed E-state index contributed by atoms with van der Waals surface area (Å²) in [5, 5.41) is 9.38. The molecule has 0 amide bonds. The number of hydrogen-bond acceptors (Lipinski definition) is 5. The maximum Gasteiger partial charge on any atom is 0.417 e. The summed E-state index contributed by atoms with van der Waals surface area (Å²) >= 11 is 1.54. The van der Waals surface area contributed by atoms with Crippen LogP contribution in [0.25, 0.3) is 22.7 Å². The van der Waals surface area contributed by atoms with E-state index in [1.165, 1.54) is 11.8 Å². The number of halogens is 3. The molecule has 0 saturated carbocycles. The largest absolute Gasteiger partial charge is 0.417 e. The van der Waals surface area contributed by atoms with Crippen molar-refractivity contribution in [3.8, 4) is 17.6 Å². The minimum atomic E-state index is -4.48. The topological polar surface area (TPSA) is 67.4 Å². The van der Waals surface area contributed by atoms with Crippen molar-refractivity contribution < 1.29 is 13.2 Å². The fourth-order valence-corrected chi connectivity index (χ4v) is 3.53. The Balaban J connectivity index is 2.18. The van der Waals surface area contributed by atoms with Crippen molar-refractivity contribution >= 4 is 22.9 Å². The number of thioether (sulfide) groups is 1. The molecule has 0 aliphatic rings. The van der Waals surface area contributed by atoms with Crippen LogP contribution < -0.4 is 0 Å². The molecular formula is C19H18F3N5S. The van der Waals surface area contributed by atoms with Crippen molar-refractivity contribution in [2.45, 2.75) is 37.3 Å². The van der Waals surface area contributed by atoms with Crippen molar-refractivity contribution in [2.75, 3.05) is 5.75 Å². The van der Waals surface area contributed by atoms with Crippen LogP contribution in [0.1, 0.15) is 31.9 Å². The Morgan fingerprint density at radius 2 is 1.82 bits per heavy atom. The first-order chi connectivity index (χ1) is 13.1. The average molecular weight is 405 g/mol. The van der Waals surface area contributed by atoms with Gasteiger partial charge in [-0.3, -0.25) is 4.98 Å². The molecule has 146 valence electrons. The molecule has 0 unspecified atom stereocenters. The molecule has 9 heteroatoms. The lowest BCUT2D eigenvalue weighted by Crippen LogP contribution is -2.14. The van der Waals surface area contributed by atoms with E-state index in [2.05, 4.69) is 21.0 Å². The summed E-state index contributed by atoms with van der Waals surface area (Å²) < 4.78 is 40.6. The molecule has 0 atom stereocenters. The van der Waals surface area contributed by atoms with Crippen LogP contribution in [0.15, 0.2) is 29.4 Å². The van der Waals surface area contributed by atoms with E-state index < -0.39 is 17.2 Å². The zero-order valence-electron chi connectivity index (χ0n) is 15.8. The minimum absolute atomic E-state index is 0.156. The van der Waals surface area contributed by atoms with Gasteiger partial charge in [-0.1, -0.05) is 6.92 Å². The van der Waals surface area contributed by atoms with Crippen LogP contribution in [0.2, 0.25) is 0 Å². The lowest BCUT2D eigenvalue weighted by atomic mass is 9.87. The molecule has 0 radical (unpaired) electrons. The molecule has 0 fully saturated rings. The van der Waals surface area contributed by atoms with Gasteiger partial charge in [0.15, 0.2) is 11.5 Å². The van der Waals surface area contributed by atoms with Crippen LogP contribution in [-0.2, 0) is 18.6 Å². The van der Waals surface area contributed by atoms with Crippen molar-refractivity contribution in [3.05, 3.63) is 35.7 Å². The molecule has 3 heterocycles. The number of rotatable bonds is 4. The smallest absolute Gasteiger partial charge is 0.310 e. The summed E-state index contributed by atoms with van der Waals surface area (Å²) in [4.78, 5) is 13.6. The highest BCUT2D eigenvalue weighted by Crippen LogP contribution is 2.35. The van der Waals surface area contributed by atoms with Gasteiger partial charge in [-0.25, -0.2) is 9.97 Å². The van der Waals surface area contributed by atoms with Crippen LogP contribution in [0.4, 0.5) is 13.2 Å². The van der Waals surface area contributed by atoms with E-state index in [1.807, 2.05) is 26.8 Å². The zero-order valence-corrected chi connectivity index (χ0v) is 16.6. The van der Waals surface area contributed by atoms with Crippen molar-refractivity contribution in [3.63, 3.8) is 0 Å². The fraction of sp³-hybridized carbons (Fsp3) is 0.368. The van der Waals surface area contributed by atoms with Gasteiger partial charge in [0.2, 0.25) is 0 Å². The lowest BCUT2D eigenvalue weighted by Gasteiger charge is -2.17. The zero-order chi connectivity index (χ0) is 20.7. The van der Waals surface area contributed by atoms with Crippen LogP contribution in [0, 0.1) is 11.3 Å². The predicted octanol–water partition coefficient (Wildman–Crippen LogP) is 4.96. The number of nitrogens with zero attached hydrogens (tertiary/aromatic N) is 5. The van der Waals surface area contributed by atoms with Gasteiger partial charge in [0.25, 0.3) is 0 Å². The molecule has 0 saturated heterocycles. The number of nitriles is 1. The van der Waals surface area contributed by atoms with Gasteiger partial charge in [0.05, 0.1) is 17.0 Å². The quantitative estimate of drug-likeness (QED) is 0.574. The molecule has 0 bridgehead atoms. The maximum absolute atomic E-state index is 13.0. The van der Waals surface area contributed by atoms with E-state index >= 15 is 0 Å². The molecule has 28 heavy (non-hydrogen) atoms. The van der Waals surface area contributed by atoms with E-state index in [4.69, 9.17) is 0 Å². The van der Waals surface area contributed by atoms with Gasteiger partial charge in [0, 0.05) is 24.3 Å². The van der Waals surface area contributed by atoms with Gasteiger partial charge < -0.3 is 4.57 Å².